The van der Waals surface area contributed by atoms with E-state index in [9.17, 15) is 19.2 Å². The van der Waals surface area contributed by atoms with Gasteiger partial charge in [0.05, 0.1) is 0 Å². The number of hydrogen-bond donors (Lipinski definition) is 3. The Balaban J connectivity index is 1.32. The minimum absolute atomic E-state index is 0.0225. The third kappa shape index (κ3) is 7.61. The van der Waals surface area contributed by atoms with Gasteiger partial charge in [0.2, 0.25) is 11.8 Å². The van der Waals surface area contributed by atoms with Crippen LogP contribution in [0.15, 0.2) is 78.9 Å². The number of benzene rings is 3. The first kappa shape index (κ1) is 27.7. The fraction of sp³-hybridized carbons (Fsp3) is 0.241. The number of nitrogens with one attached hydrogen (secondary N) is 3. The second kappa shape index (κ2) is 13.5. The third-order valence-electron chi connectivity index (χ3n) is 6.07. The summed E-state index contributed by atoms with van der Waals surface area (Å²) in [5.41, 5.74) is 5.15. The first-order valence-electron chi connectivity index (χ1n) is 12.4. The molecule has 1 atom stereocenters. The summed E-state index contributed by atoms with van der Waals surface area (Å²) in [7, 11) is 0. The minimum Gasteiger partial charge on any atom is -0.460 e. The molecule has 3 aromatic rings. The fourth-order valence-corrected chi connectivity index (χ4v) is 4.95. The highest BCUT2D eigenvalue weighted by Crippen LogP contribution is 2.44. The Hall–Kier alpha value is -4.31. The number of hydrogen-bond acceptors (Lipinski definition) is 7. The van der Waals surface area contributed by atoms with Gasteiger partial charge in [-0.15, -0.1) is 0 Å². The van der Waals surface area contributed by atoms with Crippen LogP contribution in [0.3, 0.4) is 0 Å². The number of alkyl carbamates (subject to hydrolysis) is 1. The molecular weight excluding hydrogens is 518 g/mol. The first-order chi connectivity index (χ1) is 18.9. The lowest BCUT2D eigenvalue weighted by atomic mass is 9.98. The molecule has 202 valence electrons. The zero-order valence-electron chi connectivity index (χ0n) is 21.3. The van der Waals surface area contributed by atoms with E-state index in [0.29, 0.717) is 0 Å². The predicted molar refractivity (Wildman–Crippen MR) is 148 cm³/mol. The smallest absolute Gasteiger partial charge is 0.407 e. The van der Waals surface area contributed by atoms with Gasteiger partial charge in [-0.05, 0) is 39.8 Å². The van der Waals surface area contributed by atoms with E-state index in [-0.39, 0.29) is 37.3 Å². The van der Waals surface area contributed by atoms with E-state index < -0.39 is 24.0 Å². The Morgan fingerprint density at radius 1 is 0.846 bits per heavy atom. The largest absolute Gasteiger partial charge is 0.460 e. The van der Waals surface area contributed by atoms with Crippen LogP contribution in [0.2, 0.25) is 0 Å². The van der Waals surface area contributed by atoms with Crippen molar-refractivity contribution in [1.29, 1.82) is 0 Å². The van der Waals surface area contributed by atoms with Gasteiger partial charge < -0.3 is 24.8 Å². The van der Waals surface area contributed by atoms with Crippen molar-refractivity contribution in [1.82, 2.24) is 15.4 Å². The summed E-state index contributed by atoms with van der Waals surface area (Å²) in [6.45, 7) is 1.12. The van der Waals surface area contributed by atoms with Crippen molar-refractivity contribution in [3.05, 3.63) is 95.6 Å². The average Bonchev–Trinajstić information content (AvgIpc) is 3.27. The van der Waals surface area contributed by atoms with Gasteiger partial charge in [0.1, 0.15) is 25.8 Å². The molecule has 3 N–H and O–H groups in total. The van der Waals surface area contributed by atoms with Crippen LogP contribution >= 0.6 is 11.9 Å². The van der Waals surface area contributed by atoms with E-state index in [1.807, 2.05) is 78.9 Å². The summed E-state index contributed by atoms with van der Waals surface area (Å²) in [6, 6.07) is 24.0. The summed E-state index contributed by atoms with van der Waals surface area (Å²) in [4.78, 5) is 48.9. The Morgan fingerprint density at radius 3 is 2.10 bits per heavy atom. The number of amides is 3. The second-order valence-corrected chi connectivity index (χ2v) is 9.68. The molecule has 9 nitrogen and oxygen atoms in total. The number of esters is 1. The first-order valence-corrected chi connectivity index (χ1v) is 13.4. The van der Waals surface area contributed by atoms with Gasteiger partial charge in [-0.25, -0.2) is 4.79 Å². The average molecular weight is 548 g/mol. The van der Waals surface area contributed by atoms with E-state index in [1.165, 1.54) is 6.92 Å². The molecule has 0 radical (unpaired) electrons. The molecule has 10 heteroatoms. The van der Waals surface area contributed by atoms with Crippen molar-refractivity contribution >= 4 is 35.8 Å². The van der Waals surface area contributed by atoms with Crippen LogP contribution in [-0.4, -0.2) is 48.8 Å². The Morgan fingerprint density at radius 2 is 1.46 bits per heavy atom. The SMILES string of the molecule is CC(=O)NSC[C@H](NC(=O)OCC1c2ccccc2-c2ccccc21)C(=O)NCC(=O)OCc1ccccc1. The quantitative estimate of drug-likeness (QED) is 0.248. The summed E-state index contributed by atoms with van der Waals surface area (Å²) < 4.78 is 13.2. The van der Waals surface area contributed by atoms with Crippen molar-refractivity contribution in [2.75, 3.05) is 18.9 Å². The summed E-state index contributed by atoms with van der Waals surface area (Å²) in [5.74, 6) is -1.65. The van der Waals surface area contributed by atoms with Crippen LogP contribution in [0.1, 0.15) is 29.5 Å². The lowest BCUT2D eigenvalue weighted by Crippen LogP contribution is -2.50. The number of rotatable bonds is 11. The lowest BCUT2D eigenvalue weighted by molar-refractivity contribution is -0.145. The second-order valence-electron chi connectivity index (χ2n) is 8.86. The molecular formula is C29H29N3O6S. The van der Waals surface area contributed by atoms with Crippen molar-refractivity contribution in [3.8, 4) is 11.1 Å². The molecule has 0 heterocycles. The minimum atomic E-state index is -1.07. The standard InChI is InChI=1S/C29H29N3O6S/c1-19(33)32-39-18-26(28(35)30-15-27(34)37-16-20-9-3-2-4-10-20)31-29(36)38-17-25-23-13-7-5-11-21(23)22-12-6-8-14-24(22)25/h2-14,25-26H,15-18H2,1H3,(H,30,35)(H,31,36)(H,32,33)/t26-/m0/s1. The van der Waals surface area contributed by atoms with E-state index in [2.05, 4.69) is 15.4 Å². The van der Waals surface area contributed by atoms with E-state index in [4.69, 9.17) is 9.47 Å². The fourth-order valence-electron chi connectivity index (χ4n) is 4.26. The van der Waals surface area contributed by atoms with E-state index in [0.717, 1.165) is 39.8 Å². The van der Waals surface area contributed by atoms with Crippen LogP contribution in [0.5, 0.6) is 0 Å². The van der Waals surface area contributed by atoms with Crippen LogP contribution in [-0.2, 0) is 30.5 Å². The molecule has 3 aromatic carbocycles. The van der Waals surface area contributed by atoms with Gasteiger partial charge in [-0.1, -0.05) is 78.9 Å². The Labute approximate surface area is 230 Å². The summed E-state index contributed by atoms with van der Waals surface area (Å²) in [5, 5.41) is 5.02. The maximum atomic E-state index is 12.8. The molecule has 1 aliphatic rings. The molecule has 1 aliphatic carbocycles. The maximum absolute atomic E-state index is 12.8. The van der Waals surface area contributed by atoms with Crippen molar-refractivity contribution in [3.63, 3.8) is 0 Å². The number of carbonyl (C=O) groups is 4. The highest BCUT2D eigenvalue weighted by atomic mass is 32.2. The van der Waals surface area contributed by atoms with Crippen molar-refractivity contribution < 1.29 is 28.7 Å². The van der Waals surface area contributed by atoms with Crippen LogP contribution in [0.4, 0.5) is 4.79 Å². The molecule has 0 bridgehead atoms. The molecule has 39 heavy (non-hydrogen) atoms. The third-order valence-corrected chi connectivity index (χ3v) is 7.00. The van der Waals surface area contributed by atoms with Gasteiger partial charge in [0.15, 0.2) is 0 Å². The van der Waals surface area contributed by atoms with Gasteiger partial charge in [0.25, 0.3) is 0 Å². The number of fused-ring (bicyclic) bond motifs is 3. The number of ether oxygens (including phenoxy) is 2. The molecule has 0 fully saturated rings. The summed E-state index contributed by atoms with van der Waals surface area (Å²) in [6.07, 6.45) is -0.785. The van der Waals surface area contributed by atoms with Crippen molar-refractivity contribution in [2.24, 2.45) is 0 Å². The van der Waals surface area contributed by atoms with E-state index in [1.54, 1.807) is 0 Å². The Kier molecular flexibility index (Phi) is 9.58. The summed E-state index contributed by atoms with van der Waals surface area (Å²) >= 11 is 0.960. The molecule has 0 spiro atoms. The van der Waals surface area contributed by atoms with E-state index >= 15 is 0 Å². The Bertz CT molecular complexity index is 1290. The van der Waals surface area contributed by atoms with Crippen LogP contribution < -0.4 is 15.4 Å². The van der Waals surface area contributed by atoms with Crippen molar-refractivity contribution in [2.45, 2.75) is 25.5 Å². The van der Waals surface area contributed by atoms with Gasteiger partial charge in [-0.3, -0.25) is 14.4 Å². The zero-order valence-corrected chi connectivity index (χ0v) is 22.2. The highest BCUT2D eigenvalue weighted by Gasteiger charge is 2.30. The van der Waals surface area contributed by atoms with Gasteiger partial charge in [-0.2, -0.15) is 0 Å². The topological polar surface area (TPSA) is 123 Å². The molecule has 0 aliphatic heterocycles. The predicted octanol–water partition coefficient (Wildman–Crippen LogP) is 3.54. The molecule has 0 saturated carbocycles. The molecule has 0 unspecified atom stereocenters. The van der Waals surface area contributed by atoms with Crippen LogP contribution in [0, 0.1) is 0 Å². The zero-order chi connectivity index (χ0) is 27.6. The maximum Gasteiger partial charge on any atom is 0.407 e. The van der Waals surface area contributed by atoms with Crippen LogP contribution in [0.25, 0.3) is 11.1 Å². The van der Waals surface area contributed by atoms with Gasteiger partial charge in [0, 0.05) is 18.6 Å². The number of carbonyl (C=O) groups excluding carboxylic acids is 4. The lowest BCUT2D eigenvalue weighted by Gasteiger charge is -2.19. The molecule has 0 aromatic heterocycles. The molecule has 3 amide bonds. The molecule has 4 rings (SSSR count). The monoisotopic (exact) mass is 547 g/mol. The molecule has 0 saturated heterocycles. The highest BCUT2D eigenvalue weighted by molar-refractivity contribution is 7.98. The normalized spacial score (nSPS) is 12.4. The van der Waals surface area contributed by atoms with Gasteiger partial charge >= 0.3 is 12.1 Å².